The summed E-state index contributed by atoms with van der Waals surface area (Å²) in [6.45, 7) is 2.90. The maximum Gasteiger partial charge on any atom is 0.298 e. The number of halogens is 2. The van der Waals surface area contributed by atoms with Crippen LogP contribution in [0.25, 0.3) is 11.1 Å². The molecule has 2 aromatic rings. The van der Waals surface area contributed by atoms with Gasteiger partial charge in [-0.3, -0.25) is 4.79 Å². The number of amides is 1. The number of hydrogen-bond acceptors (Lipinski definition) is 2. The Kier molecular flexibility index (Phi) is 7.23. The van der Waals surface area contributed by atoms with Gasteiger partial charge in [-0.1, -0.05) is 58.8 Å². The summed E-state index contributed by atoms with van der Waals surface area (Å²) in [5.41, 5.74) is -0.174. The lowest BCUT2D eigenvalue weighted by Crippen LogP contribution is -2.28. The van der Waals surface area contributed by atoms with Crippen LogP contribution in [0.15, 0.2) is 42.5 Å². The molecule has 1 heterocycles. The van der Waals surface area contributed by atoms with Gasteiger partial charge in [-0.25, -0.2) is 0 Å². The lowest BCUT2D eigenvalue weighted by molar-refractivity contribution is -0.124. The fourth-order valence-corrected chi connectivity index (χ4v) is 3.90. The highest BCUT2D eigenvalue weighted by Crippen LogP contribution is 2.41. The third-order valence-corrected chi connectivity index (χ3v) is 5.56. The Morgan fingerprint density at radius 3 is 2.70 bits per heavy atom. The van der Waals surface area contributed by atoms with Gasteiger partial charge in [-0.15, -0.1) is 0 Å². The number of hydrogen-bond donors (Lipinski definition) is 1. The predicted octanol–water partition coefficient (Wildman–Crippen LogP) is 4.57. The zero-order valence-corrected chi connectivity index (χ0v) is 18.2. The molecule has 0 spiro atoms. The minimum Gasteiger partial charge on any atom is -0.391 e. The van der Waals surface area contributed by atoms with Crippen LogP contribution in [-0.2, 0) is 16.9 Å². The van der Waals surface area contributed by atoms with E-state index in [-0.39, 0.29) is 11.5 Å². The van der Waals surface area contributed by atoms with E-state index in [0.29, 0.717) is 30.6 Å². The Balaban J connectivity index is 1.94. The highest BCUT2D eigenvalue weighted by atomic mass is 31.0. The smallest absolute Gasteiger partial charge is 0.298 e. The first-order valence-corrected chi connectivity index (χ1v) is 10.8. The molecule has 2 aromatic carbocycles. The number of rotatable bonds is 5. The maximum absolute atomic E-state index is 14.1. The van der Waals surface area contributed by atoms with E-state index in [1.54, 1.807) is 38.4 Å². The number of aliphatic hydroxyl groups is 1. The molecule has 2 unspecified atom stereocenters. The van der Waals surface area contributed by atoms with Crippen LogP contribution in [0.5, 0.6) is 0 Å². The van der Waals surface area contributed by atoms with Crippen molar-refractivity contribution in [1.29, 1.82) is 0 Å². The molecule has 2 atom stereocenters. The van der Waals surface area contributed by atoms with Gasteiger partial charge in [0, 0.05) is 30.1 Å². The molecule has 1 aliphatic heterocycles. The first kappa shape index (κ1) is 22.4. The monoisotopic (exact) mass is 429 g/mol. The van der Waals surface area contributed by atoms with Crippen molar-refractivity contribution in [2.45, 2.75) is 44.4 Å². The molecule has 1 saturated heterocycles. The molecule has 1 amide bonds. The van der Waals surface area contributed by atoms with Crippen molar-refractivity contribution in [2.24, 2.45) is 0 Å². The molecule has 0 bridgehead atoms. The van der Waals surface area contributed by atoms with Crippen LogP contribution in [0.2, 0.25) is 0 Å². The topological polar surface area (TPSA) is 40.5 Å². The Hall–Kier alpha value is -2.28. The van der Waals surface area contributed by atoms with Gasteiger partial charge >= 0.3 is 0 Å². The largest absolute Gasteiger partial charge is 0.391 e. The second kappa shape index (κ2) is 9.69. The van der Waals surface area contributed by atoms with Gasteiger partial charge in [0.1, 0.15) is 0 Å². The Morgan fingerprint density at radius 1 is 1.27 bits per heavy atom. The standard InChI is InChI=1S/C24H26F2NO2P/c1-2-3-6-18-15-17(10-12-23(29)27-14-13-19(28)16-27)9-11-20(18)21-7-4-5-8-22(21)24(25,26)30/h4-5,7-9,11,15,19,28H,2-3,6,13-14,16,30H2,1H3. The first-order valence-electron chi connectivity index (χ1n) is 10.2. The van der Waals surface area contributed by atoms with Crippen LogP contribution < -0.4 is 0 Å². The molecule has 30 heavy (non-hydrogen) atoms. The number of nitrogens with zero attached hydrogens (tertiary/aromatic N) is 1. The molecule has 6 heteroatoms. The second-order valence-corrected chi connectivity index (χ2v) is 8.31. The summed E-state index contributed by atoms with van der Waals surface area (Å²) in [7, 11) is 1.61. The van der Waals surface area contributed by atoms with E-state index >= 15 is 0 Å². The van der Waals surface area contributed by atoms with E-state index in [0.717, 1.165) is 30.4 Å². The molecular weight excluding hydrogens is 403 g/mol. The van der Waals surface area contributed by atoms with E-state index in [9.17, 15) is 18.7 Å². The summed E-state index contributed by atoms with van der Waals surface area (Å²) in [6.07, 6.45) is 2.74. The number of carbonyl (C=O) groups excluding carboxylic acids is 1. The van der Waals surface area contributed by atoms with Crippen LogP contribution in [0.4, 0.5) is 8.78 Å². The number of unbranched alkanes of at least 4 members (excludes halogenated alkanes) is 1. The zero-order chi connectivity index (χ0) is 21.7. The molecule has 1 aliphatic rings. The highest BCUT2D eigenvalue weighted by molar-refractivity contribution is 7.17. The molecule has 0 radical (unpaired) electrons. The lowest BCUT2D eigenvalue weighted by Gasteiger charge is -2.18. The van der Waals surface area contributed by atoms with Crippen molar-refractivity contribution in [3.63, 3.8) is 0 Å². The molecule has 158 valence electrons. The third-order valence-electron chi connectivity index (χ3n) is 5.25. The van der Waals surface area contributed by atoms with Gasteiger partial charge in [0.15, 0.2) is 0 Å². The molecule has 3 nitrogen and oxygen atoms in total. The van der Waals surface area contributed by atoms with Crippen LogP contribution in [0.1, 0.15) is 42.9 Å². The highest BCUT2D eigenvalue weighted by Gasteiger charge is 2.28. The van der Waals surface area contributed by atoms with E-state index in [4.69, 9.17) is 0 Å². The number of likely N-dealkylation sites (tertiary alicyclic amines) is 1. The van der Waals surface area contributed by atoms with E-state index < -0.39 is 11.8 Å². The van der Waals surface area contributed by atoms with Crippen LogP contribution in [-0.4, -0.2) is 35.1 Å². The summed E-state index contributed by atoms with van der Waals surface area (Å²) in [4.78, 5) is 13.8. The third kappa shape index (κ3) is 5.45. The second-order valence-electron chi connectivity index (χ2n) is 7.59. The van der Waals surface area contributed by atoms with Crippen molar-refractivity contribution in [3.8, 4) is 23.0 Å². The number of carbonyl (C=O) groups is 1. The molecule has 3 rings (SSSR count). The van der Waals surface area contributed by atoms with Gasteiger partial charge in [0.2, 0.25) is 0 Å². The predicted molar refractivity (Wildman–Crippen MR) is 118 cm³/mol. The molecule has 0 saturated carbocycles. The molecule has 1 fully saturated rings. The molecule has 0 aromatic heterocycles. The average molecular weight is 429 g/mol. The number of β-amino-alcohol motifs (C(OH)–C–C–N with tert-alkyl or cyclic N) is 1. The van der Waals surface area contributed by atoms with E-state index in [1.165, 1.54) is 6.07 Å². The minimum absolute atomic E-state index is 0.0330. The van der Waals surface area contributed by atoms with Gasteiger partial charge < -0.3 is 10.0 Å². The molecule has 1 N–H and O–H groups in total. The molecular formula is C24H26F2NO2P. The molecule has 0 aliphatic carbocycles. The van der Waals surface area contributed by atoms with Crippen molar-refractivity contribution >= 4 is 15.1 Å². The SMILES string of the molecule is CCCCc1cc(C#CC(=O)N2CCC(O)C2)ccc1-c1ccccc1C(F)(F)P. The van der Waals surface area contributed by atoms with Crippen LogP contribution in [0.3, 0.4) is 0 Å². The quantitative estimate of drug-likeness (QED) is 0.559. The van der Waals surface area contributed by atoms with Crippen molar-refractivity contribution in [1.82, 2.24) is 4.90 Å². The summed E-state index contributed by atoms with van der Waals surface area (Å²) in [5.74, 6) is 5.24. The first-order chi connectivity index (χ1) is 14.3. The summed E-state index contributed by atoms with van der Waals surface area (Å²) in [6, 6.07) is 12.0. The summed E-state index contributed by atoms with van der Waals surface area (Å²) in [5, 5.41) is 9.57. The van der Waals surface area contributed by atoms with Gasteiger partial charge in [-0.05, 0) is 48.1 Å². The fraction of sp³-hybridized carbons (Fsp3) is 0.375. The van der Waals surface area contributed by atoms with E-state index in [2.05, 4.69) is 18.8 Å². The van der Waals surface area contributed by atoms with Gasteiger partial charge in [-0.2, -0.15) is 8.78 Å². The Labute approximate surface area is 178 Å². The summed E-state index contributed by atoms with van der Waals surface area (Å²) >= 11 is 0. The number of benzene rings is 2. The minimum atomic E-state index is -3.02. The van der Waals surface area contributed by atoms with Crippen molar-refractivity contribution in [3.05, 3.63) is 59.2 Å². The lowest BCUT2D eigenvalue weighted by atomic mass is 9.91. The normalized spacial score (nSPS) is 16.3. The zero-order valence-electron chi connectivity index (χ0n) is 17.0. The Morgan fingerprint density at radius 2 is 2.03 bits per heavy atom. The van der Waals surface area contributed by atoms with Crippen LogP contribution in [0, 0.1) is 11.8 Å². The summed E-state index contributed by atoms with van der Waals surface area (Å²) < 4.78 is 28.3. The average Bonchev–Trinajstić information content (AvgIpc) is 3.16. The van der Waals surface area contributed by atoms with Crippen LogP contribution >= 0.6 is 9.24 Å². The maximum atomic E-state index is 14.1. The Bertz CT molecular complexity index is 975. The van der Waals surface area contributed by atoms with Gasteiger partial charge in [0.05, 0.1) is 6.10 Å². The number of aryl methyl sites for hydroxylation is 1. The number of aliphatic hydroxyl groups excluding tert-OH is 1. The number of alkyl halides is 2. The van der Waals surface area contributed by atoms with E-state index in [1.807, 2.05) is 12.1 Å². The van der Waals surface area contributed by atoms with Crippen molar-refractivity contribution < 1.29 is 18.7 Å². The van der Waals surface area contributed by atoms with Crippen molar-refractivity contribution in [2.75, 3.05) is 13.1 Å². The van der Waals surface area contributed by atoms with Gasteiger partial charge in [0.25, 0.3) is 11.6 Å². The fourth-order valence-electron chi connectivity index (χ4n) is 3.65.